The monoisotopic (exact) mass is 394 g/mol. The number of oxazole rings is 1. The average molecular weight is 394 g/mol. The molecule has 0 saturated carbocycles. The van der Waals surface area contributed by atoms with E-state index in [0.717, 1.165) is 11.1 Å². The number of rotatable bonds is 8. The molecule has 0 radical (unpaired) electrons. The van der Waals surface area contributed by atoms with Gasteiger partial charge in [-0.2, -0.15) is 0 Å². The Hall–Kier alpha value is -3.61. The number of amides is 1. The Kier molecular flexibility index (Phi) is 7.00. The molecule has 3 rings (SSSR count). The van der Waals surface area contributed by atoms with E-state index in [0.29, 0.717) is 11.7 Å². The summed E-state index contributed by atoms with van der Waals surface area (Å²) in [6.07, 6.45) is 0.911. The highest BCUT2D eigenvalue weighted by atomic mass is 16.6. The van der Waals surface area contributed by atoms with Crippen LogP contribution in [0.3, 0.4) is 0 Å². The number of nitrogens with zero attached hydrogens (tertiary/aromatic N) is 1. The van der Waals surface area contributed by atoms with E-state index in [2.05, 4.69) is 10.3 Å². The fraction of sp³-hybridized carbons (Fsp3) is 0.227. The molecule has 7 nitrogen and oxygen atoms in total. The van der Waals surface area contributed by atoms with Crippen molar-refractivity contribution in [1.82, 2.24) is 10.3 Å². The summed E-state index contributed by atoms with van der Waals surface area (Å²) in [7, 11) is 0. The van der Waals surface area contributed by atoms with E-state index in [1.54, 1.807) is 13.1 Å². The highest BCUT2D eigenvalue weighted by Gasteiger charge is 2.25. The maximum Gasteiger partial charge on any atom is 0.408 e. The van der Waals surface area contributed by atoms with Gasteiger partial charge < -0.3 is 19.2 Å². The molecule has 0 aliphatic heterocycles. The van der Waals surface area contributed by atoms with Crippen molar-refractivity contribution >= 4 is 12.1 Å². The molecule has 1 amide bonds. The Labute approximate surface area is 168 Å². The number of hydrogen-bond donors (Lipinski definition) is 1. The molecule has 7 heteroatoms. The Bertz CT molecular complexity index is 925. The van der Waals surface area contributed by atoms with Crippen molar-refractivity contribution in [1.29, 1.82) is 0 Å². The Balaban J connectivity index is 1.63. The first kappa shape index (κ1) is 20.1. The van der Waals surface area contributed by atoms with Crippen molar-refractivity contribution < 1.29 is 23.5 Å². The smallest absolute Gasteiger partial charge is 0.408 e. The van der Waals surface area contributed by atoms with Crippen LogP contribution in [-0.4, -0.2) is 29.7 Å². The SMILES string of the molecule is CCOC(=O)[C@H](Cc1ncc(-c2ccccc2)o1)NC(=O)OCc1ccccc1. The van der Waals surface area contributed by atoms with Crippen molar-refractivity contribution in [3.05, 3.63) is 78.3 Å². The number of ether oxygens (including phenoxy) is 2. The van der Waals surface area contributed by atoms with Gasteiger partial charge in [0.1, 0.15) is 12.6 Å². The zero-order valence-corrected chi connectivity index (χ0v) is 16.0. The fourth-order valence-corrected chi connectivity index (χ4v) is 2.66. The minimum Gasteiger partial charge on any atom is -0.464 e. The summed E-state index contributed by atoms with van der Waals surface area (Å²) in [6.45, 7) is 1.98. The molecule has 3 aromatic rings. The predicted molar refractivity (Wildman–Crippen MR) is 106 cm³/mol. The maximum atomic E-state index is 12.3. The topological polar surface area (TPSA) is 90.7 Å². The van der Waals surface area contributed by atoms with Gasteiger partial charge in [-0.15, -0.1) is 0 Å². The van der Waals surface area contributed by atoms with Gasteiger partial charge in [-0.3, -0.25) is 0 Å². The molecular weight excluding hydrogens is 372 g/mol. The molecule has 0 fully saturated rings. The van der Waals surface area contributed by atoms with E-state index in [9.17, 15) is 9.59 Å². The first-order valence-corrected chi connectivity index (χ1v) is 9.29. The molecule has 1 atom stereocenters. The zero-order valence-electron chi connectivity index (χ0n) is 16.0. The van der Waals surface area contributed by atoms with Crippen LogP contribution in [0.4, 0.5) is 4.79 Å². The Morgan fingerprint density at radius 2 is 1.72 bits per heavy atom. The van der Waals surface area contributed by atoms with Gasteiger partial charge in [-0.25, -0.2) is 14.6 Å². The number of nitrogens with one attached hydrogen (secondary N) is 1. The minimum absolute atomic E-state index is 0.0477. The fourth-order valence-electron chi connectivity index (χ4n) is 2.66. The van der Waals surface area contributed by atoms with Gasteiger partial charge in [0.15, 0.2) is 11.7 Å². The molecule has 1 aromatic heterocycles. The van der Waals surface area contributed by atoms with E-state index in [-0.39, 0.29) is 19.6 Å². The van der Waals surface area contributed by atoms with Crippen LogP contribution in [0.2, 0.25) is 0 Å². The molecule has 0 unspecified atom stereocenters. The third-order valence-corrected chi connectivity index (χ3v) is 4.07. The first-order valence-electron chi connectivity index (χ1n) is 9.29. The number of aromatic nitrogens is 1. The molecule has 29 heavy (non-hydrogen) atoms. The second-order valence-electron chi connectivity index (χ2n) is 6.20. The van der Waals surface area contributed by atoms with Crippen LogP contribution < -0.4 is 5.32 Å². The number of carbonyl (C=O) groups excluding carboxylic acids is 2. The standard InChI is InChI=1S/C22H22N2O5/c1-2-27-21(25)18(24-22(26)28-15-16-9-5-3-6-10-16)13-20-23-14-19(29-20)17-11-7-4-8-12-17/h3-12,14,18H,2,13,15H2,1H3,(H,24,26)/t18-/m0/s1. The lowest BCUT2D eigenvalue weighted by atomic mass is 10.2. The van der Waals surface area contributed by atoms with Crippen molar-refractivity contribution in [3.63, 3.8) is 0 Å². The lowest BCUT2D eigenvalue weighted by Crippen LogP contribution is -2.43. The molecule has 2 aromatic carbocycles. The van der Waals surface area contributed by atoms with Crippen molar-refractivity contribution in [2.24, 2.45) is 0 Å². The van der Waals surface area contributed by atoms with Crippen molar-refractivity contribution in [2.75, 3.05) is 6.61 Å². The molecular formula is C22H22N2O5. The lowest BCUT2D eigenvalue weighted by Gasteiger charge is -2.16. The molecule has 0 aliphatic rings. The van der Waals surface area contributed by atoms with E-state index in [1.165, 1.54) is 0 Å². The van der Waals surface area contributed by atoms with E-state index < -0.39 is 18.1 Å². The third-order valence-electron chi connectivity index (χ3n) is 4.07. The maximum absolute atomic E-state index is 12.3. The number of esters is 1. The Morgan fingerprint density at radius 1 is 1.03 bits per heavy atom. The second kappa shape index (κ2) is 10.1. The van der Waals surface area contributed by atoms with Gasteiger partial charge in [0.05, 0.1) is 19.2 Å². The van der Waals surface area contributed by atoms with Crippen LogP contribution in [0.15, 0.2) is 71.3 Å². The van der Waals surface area contributed by atoms with Crippen LogP contribution in [0, 0.1) is 0 Å². The molecule has 1 N–H and O–H groups in total. The summed E-state index contributed by atoms with van der Waals surface area (Å²) in [4.78, 5) is 28.6. The summed E-state index contributed by atoms with van der Waals surface area (Å²) in [6, 6.07) is 17.8. The van der Waals surface area contributed by atoms with Gasteiger partial charge >= 0.3 is 12.1 Å². The van der Waals surface area contributed by atoms with Crippen LogP contribution in [0.25, 0.3) is 11.3 Å². The average Bonchev–Trinajstić information content (AvgIpc) is 3.22. The number of benzene rings is 2. The van der Waals surface area contributed by atoms with E-state index in [4.69, 9.17) is 13.9 Å². The summed E-state index contributed by atoms with van der Waals surface area (Å²) >= 11 is 0. The lowest BCUT2D eigenvalue weighted by molar-refractivity contribution is -0.145. The number of hydrogen-bond acceptors (Lipinski definition) is 6. The summed E-state index contributed by atoms with van der Waals surface area (Å²) < 4.78 is 16.0. The van der Waals surface area contributed by atoms with Crippen molar-refractivity contribution in [3.8, 4) is 11.3 Å². The normalized spacial score (nSPS) is 11.5. The summed E-state index contributed by atoms with van der Waals surface area (Å²) in [5.74, 6) is 0.309. The zero-order chi connectivity index (χ0) is 20.5. The number of alkyl carbamates (subject to hydrolysis) is 1. The molecule has 0 spiro atoms. The highest BCUT2D eigenvalue weighted by molar-refractivity contribution is 5.81. The molecule has 1 heterocycles. The Morgan fingerprint density at radius 3 is 2.41 bits per heavy atom. The molecule has 0 saturated heterocycles. The molecule has 0 bridgehead atoms. The van der Waals surface area contributed by atoms with Gasteiger partial charge in [0.25, 0.3) is 0 Å². The summed E-state index contributed by atoms with van der Waals surface area (Å²) in [5.41, 5.74) is 1.71. The van der Waals surface area contributed by atoms with Crippen LogP contribution in [0.1, 0.15) is 18.4 Å². The predicted octanol–water partition coefficient (Wildman–Crippen LogP) is 3.74. The van der Waals surface area contributed by atoms with Gasteiger partial charge in [-0.05, 0) is 12.5 Å². The minimum atomic E-state index is -0.972. The van der Waals surface area contributed by atoms with Crippen LogP contribution in [-0.2, 0) is 27.3 Å². The second-order valence-corrected chi connectivity index (χ2v) is 6.20. The van der Waals surface area contributed by atoms with Gasteiger partial charge in [0, 0.05) is 5.56 Å². The largest absolute Gasteiger partial charge is 0.464 e. The molecule has 150 valence electrons. The van der Waals surface area contributed by atoms with Gasteiger partial charge in [0.2, 0.25) is 0 Å². The van der Waals surface area contributed by atoms with E-state index in [1.807, 2.05) is 60.7 Å². The molecule has 0 aliphatic carbocycles. The first-order chi connectivity index (χ1) is 14.2. The number of carbonyl (C=O) groups is 2. The van der Waals surface area contributed by atoms with Gasteiger partial charge in [-0.1, -0.05) is 60.7 Å². The van der Waals surface area contributed by atoms with Crippen LogP contribution >= 0.6 is 0 Å². The van der Waals surface area contributed by atoms with Crippen molar-refractivity contribution in [2.45, 2.75) is 26.0 Å². The van der Waals surface area contributed by atoms with E-state index >= 15 is 0 Å². The quantitative estimate of drug-likeness (QED) is 0.585. The van der Waals surface area contributed by atoms with Crippen LogP contribution in [0.5, 0.6) is 0 Å². The summed E-state index contributed by atoms with van der Waals surface area (Å²) in [5, 5.41) is 2.53. The highest BCUT2D eigenvalue weighted by Crippen LogP contribution is 2.20. The third kappa shape index (κ3) is 5.93.